The molecule has 0 saturated carbocycles. The van der Waals surface area contributed by atoms with E-state index < -0.39 is 6.10 Å². The molecule has 1 N–H and O–H groups in total. The Labute approximate surface area is 67.7 Å². The molecule has 11 heavy (non-hydrogen) atoms. The molecule has 0 radical (unpaired) electrons. The van der Waals surface area contributed by atoms with Gasteiger partial charge in [-0.15, -0.1) is 6.42 Å². The predicted molar refractivity (Wildman–Crippen MR) is 47.9 cm³/mol. The summed E-state index contributed by atoms with van der Waals surface area (Å²) >= 11 is 0. The van der Waals surface area contributed by atoms with Crippen molar-refractivity contribution in [2.45, 2.75) is 13.0 Å². The molecule has 0 heterocycles. The van der Waals surface area contributed by atoms with Gasteiger partial charge >= 0.3 is 0 Å². The van der Waals surface area contributed by atoms with Crippen molar-refractivity contribution in [3.63, 3.8) is 0 Å². The minimum atomic E-state index is -0.773. The van der Waals surface area contributed by atoms with Gasteiger partial charge in [-0.2, -0.15) is 0 Å². The van der Waals surface area contributed by atoms with Crippen LogP contribution in [-0.2, 0) is 0 Å². The zero-order valence-corrected chi connectivity index (χ0v) is 6.57. The molecule has 58 valence electrons. The smallest absolute Gasteiger partial charge is 0.133 e. The molecule has 1 heteroatoms. The molecule has 1 nitrogen and oxygen atoms in total. The number of rotatable bonds is 3. The fourth-order valence-corrected chi connectivity index (χ4v) is 0.464. The normalized spacial score (nSPS) is 14.6. The van der Waals surface area contributed by atoms with E-state index >= 15 is 0 Å². The minimum Gasteiger partial charge on any atom is -0.377 e. The summed E-state index contributed by atoms with van der Waals surface area (Å²) in [6.45, 7) is 1.93. The first-order valence-corrected chi connectivity index (χ1v) is 3.41. The molecule has 0 aliphatic rings. The van der Waals surface area contributed by atoms with E-state index in [1.54, 1.807) is 18.2 Å². The van der Waals surface area contributed by atoms with Crippen molar-refractivity contribution in [2.24, 2.45) is 0 Å². The Bertz CT molecular complexity index is 203. The maximum absolute atomic E-state index is 8.84. The molecule has 0 amide bonds. The molecule has 0 rings (SSSR count). The molecule has 0 aromatic rings. The summed E-state index contributed by atoms with van der Waals surface area (Å²) in [5.41, 5.74) is 0. The Balaban J connectivity index is 3.70. The van der Waals surface area contributed by atoms with Crippen LogP contribution >= 0.6 is 0 Å². The highest BCUT2D eigenvalue weighted by Gasteiger charge is 1.84. The Morgan fingerprint density at radius 3 is 2.45 bits per heavy atom. The highest BCUT2D eigenvalue weighted by molar-refractivity contribution is 5.15. The molecule has 0 bridgehead atoms. The van der Waals surface area contributed by atoms with E-state index in [-0.39, 0.29) is 0 Å². The number of aliphatic hydroxyl groups excluding tert-OH is 1. The van der Waals surface area contributed by atoms with Gasteiger partial charge in [-0.25, -0.2) is 0 Å². The predicted octanol–water partition coefficient (Wildman–Crippen LogP) is 1.67. The lowest BCUT2D eigenvalue weighted by Gasteiger charge is -1.88. The van der Waals surface area contributed by atoms with Gasteiger partial charge in [-0.1, -0.05) is 36.3 Å². The lowest BCUT2D eigenvalue weighted by molar-refractivity contribution is 0.281. The second kappa shape index (κ2) is 6.85. The Kier molecular flexibility index (Phi) is 6.07. The highest BCUT2D eigenvalue weighted by atomic mass is 16.3. The molecule has 0 aromatic carbocycles. The quantitative estimate of drug-likeness (QED) is 0.477. The third kappa shape index (κ3) is 6.63. The van der Waals surface area contributed by atoms with Crippen LogP contribution < -0.4 is 0 Å². The van der Waals surface area contributed by atoms with Gasteiger partial charge in [-0.3, -0.25) is 0 Å². The fraction of sp³-hybridized carbons (Fsp3) is 0.200. The second-order valence-corrected chi connectivity index (χ2v) is 1.91. The van der Waals surface area contributed by atoms with Crippen LogP contribution in [0.15, 0.2) is 36.5 Å². The monoisotopic (exact) mass is 148 g/mol. The molecule has 0 aromatic heterocycles. The first-order valence-electron chi connectivity index (χ1n) is 3.41. The van der Waals surface area contributed by atoms with Crippen LogP contribution in [0.1, 0.15) is 6.92 Å². The summed E-state index contributed by atoms with van der Waals surface area (Å²) in [5, 5.41) is 8.84. The van der Waals surface area contributed by atoms with Crippen molar-refractivity contribution < 1.29 is 5.11 Å². The zero-order chi connectivity index (χ0) is 8.53. The van der Waals surface area contributed by atoms with Crippen LogP contribution in [-0.4, -0.2) is 11.2 Å². The molecule has 0 aliphatic carbocycles. The van der Waals surface area contributed by atoms with Gasteiger partial charge < -0.3 is 5.11 Å². The van der Waals surface area contributed by atoms with E-state index in [4.69, 9.17) is 11.5 Å². The molecule has 0 fully saturated rings. The fourth-order valence-electron chi connectivity index (χ4n) is 0.464. The van der Waals surface area contributed by atoms with E-state index in [2.05, 4.69) is 5.92 Å². The van der Waals surface area contributed by atoms with Crippen molar-refractivity contribution in [3.05, 3.63) is 36.5 Å². The Morgan fingerprint density at radius 1 is 1.27 bits per heavy atom. The zero-order valence-electron chi connectivity index (χ0n) is 6.57. The van der Waals surface area contributed by atoms with Crippen LogP contribution in [0.2, 0.25) is 0 Å². The van der Waals surface area contributed by atoms with Gasteiger partial charge in [0.1, 0.15) is 6.10 Å². The summed E-state index contributed by atoms with van der Waals surface area (Å²) in [6.07, 6.45) is 14.9. The van der Waals surface area contributed by atoms with Crippen molar-refractivity contribution in [3.8, 4) is 12.3 Å². The molecule has 1 atom stereocenters. The Hall–Kier alpha value is -1.26. The van der Waals surface area contributed by atoms with Crippen LogP contribution in [0.4, 0.5) is 0 Å². The summed E-state index contributed by atoms with van der Waals surface area (Å²) in [5.74, 6) is 2.17. The third-order valence-corrected chi connectivity index (χ3v) is 0.990. The standard InChI is InChI=1S/C10H12O/c1-3-5-6-7-8-9-10(11)4-2/h2-3,5-11H,1H3/b5-3+,7-6+,9-8+. The van der Waals surface area contributed by atoms with Crippen molar-refractivity contribution in [2.75, 3.05) is 0 Å². The van der Waals surface area contributed by atoms with Gasteiger partial charge in [-0.05, 0) is 13.0 Å². The van der Waals surface area contributed by atoms with E-state index in [9.17, 15) is 0 Å². The summed E-state index contributed by atoms with van der Waals surface area (Å²) < 4.78 is 0. The second-order valence-electron chi connectivity index (χ2n) is 1.91. The van der Waals surface area contributed by atoms with Gasteiger partial charge in [0.25, 0.3) is 0 Å². The van der Waals surface area contributed by atoms with Crippen LogP contribution in [0.25, 0.3) is 0 Å². The van der Waals surface area contributed by atoms with Crippen molar-refractivity contribution in [1.82, 2.24) is 0 Å². The maximum atomic E-state index is 8.84. The topological polar surface area (TPSA) is 20.2 Å². The van der Waals surface area contributed by atoms with E-state index in [1.165, 1.54) is 0 Å². The molecule has 0 saturated heterocycles. The number of aliphatic hydroxyl groups is 1. The average molecular weight is 148 g/mol. The van der Waals surface area contributed by atoms with Crippen LogP contribution in [0.3, 0.4) is 0 Å². The number of hydrogen-bond donors (Lipinski definition) is 1. The molecular formula is C10H12O. The van der Waals surface area contributed by atoms with Gasteiger partial charge in [0.2, 0.25) is 0 Å². The average Bonchev–Trinajstić information content (AvgIpc) is 2.04. The summed E-state index contributed by atoms with van der Waals surface area (Å²) in [7, 11) is 0. The molecule has 0 aliphatic heterocycles. The van der Waals surface area contributed by atoms with Gasteiger partial charge in [0.05, 0.1) is 0 Å². The Morgan fingerprint density at radius 2 is 1.91 bits per heavy atom. The van der Waals surface area contributed by atoms with Crippen LogP contribution in [0, 0.1) is 12.3 Å². The third-order valence-electron chi connectivity index (χ3n) is 0.990. The number of hydrogen-bond acceptors (Lipinski definition) is 1. The first-order chi connectivity index (χ1) is 5.31. The molecule has 1 unspecified atom stereocenters. The molecule has 0 spiro atoms. The lowest BCUT2D eigenvalue weighted by Crippen LogP contribution is -1.94. The summed E-state index contributed by atoms with van der Waals surface area (Å²) in [6, 6.07) is 0. The van der Waals surface area contributed by atoms with Crippen molar-refractivity contribution in [1.29, 1.82) is 0 Å². The minimum absolute atomic E-state index is 0.773. The largest absolute Gasteiger partial charge is 0.377 e. The number of terminal acetylenes is 1. The van der Waals surface area contributed by atoms with E-state index in [0.29, 0.717) is 0 Å². The van der Waals surface area contributed by atoms with Crippen molar-refractivity contribution >= 4 is 0 Å². The summed E-state index contributed by atoms with van der Waals surface area (Å²) in [4.78, 5) is 0. The van der Waals surface area contributed by atoms with Gasteiger partial charge in [0, 0.05) is 0 Å². The van der Waals surface area contributed by atoms with E-state index in [1.807, 2.05) is 25.2 Å². The lowest BCUT2D eigenvalue weighted by atomic mass is 10.3. The first kappa shape index (κ1) is 9.74. The van der Waals surface area contributed by atoms with Crippen LogP contribution in [0.5, 0.6) is 0 Å². The maximum Gasteiger partial charge on any atom is 0.133 e. The SMILES string of the molecule is C#CC(O)/C=C/C=C/C=C/C. The van der Waals surface area contributed by atoms with E-state index in [0.717, 1.165) is 0 Å². The van der Waals surface area contributed by atoms with Gasteiger partial charge in [0.15, 0.2) is 0 Å². The number of allylic oxidation sites excluding steroid dienone is 5. The molecular weight excluding hydrogens is 136 g/mol. The highest BCUT2D eigenvalue weighted by Crippen LogP contribution is 1.84.